The predicted molar refractivity (Wildman–Crippen MR) is 64.2 cm³/mol. The normalized spacial score (nSPS) is 23.1. The van der Waals surface area contributed by atoms with Gasteiger partial charge in [-0.3, -0.25) is 4.90 Å². The first-order chi connectivity index (χ1) is 7.59. The van der Waals surface area contributed by atoms with Crippen LogP contribution in [0.25, 0.3) is 0 Å². The predicted octanol–water partition coefficient (Wildman–Crippen LogP) is -0.529. The van der Waals surface area contributed by atoms with Crippen LogP contribution in [0.2, 0.25) is 0 Å². The van der Waals surface area contributed by atoms with Crippen molar-refractivity contribution in [1.82, 2.24) is 4.90 Å². The number of ether oxygens (including phenoxy) is 1. The number of methoxy groups -OCH3 is 1. The van der Waals surface area contributed by atoms with Crippen LogP contribution in [0.1, 0.15) is 12.8 Å². The van der Waals surface area contributed by atoms with Gasteiger partial charge in [0.25, 0.3) is 0 Å². The van der Waals surface area contributed by atoms with Crippen molar-refractivity contribution in [2.24, 2.45) is 5.73 Å². The first-order valence-electron chi connectivity index (χ1n) is 5.72. The second-order valence-corrected chi connectivity index (χ2v) is 6.53. The Morgan fingerprint density at radius 3 is 2.50 bits per heavy atom. The zero-order valence-corrected chi connectivity index (χ0v) is 10.7. The summed E-state index contributed by atoms with van der Waals surface area (Å²) in [7, 11) is -1.12. The number of rotatable bonds is 6. The average molecular weight is 250 g/mol. The zero-order valence-electron chi connectivity index (χ0n) is 9.89. The van der Waals surface area contributed by atoms with Crippen LogP contribution in [0, 0.1) is 0 Å². The van der Waals surface area contributed by atoms with E-state index in [0.29, 0.717) is 32.3 Å². The summed E-state index contributed by atoms with van der Waals surface area (Å²) in [6.45, 7) is 2.58. The van der Waals surface area contributed by atoms with Crippen molar-refractivity contribution in [3.8, 4) is 0 Å². The fourth-order valence-electron chi connectivity index (χ4n) is 2.01. The van der Waals surface area contributed by atoms with E-state index in [4.69, 9.17) is 10.5 Å². The standard InChI is InChI=1S/C10H22N2O3S/c1-15-9-10(3-2-4-11)12-5-7-16(13,14)8-6-12/h10H,2-9,11H2,1H3. The number of hydrogen-bond acceptors (Lipinski definition) is 5. The van der Waals surface area contributed by atoms with E-state index in [0.717, 1.165) is 12.8 Å². The van der Waals surface area contributed by atoms with Gasteiger partial charge in [-0.25, -0.2) is 8.42 Å². The molecule has 0 amide bonds. The van der Waals surface area contributed by atoms with E-state index in [9.17, 15) is 8.42 Å². The monoisotopic (exact) mass is 250 g/mol. The molecule has 1 unspecified atom stereocenters. The Morgan fingerprint density at radius 2 is 2.00 bits per heavy atom. The van der Waals surface area contributed by atoms with Gasteiger partial charge in [0.1, 0.15) is 0 Å². The molecule has 1 heterocycles. The molecule has 2 N–H and O–H groups in total. The lowest BCUT2D eigenvalue weighted by atomic mass is 10.1. The Labute approximate surface area is 97.9 Å². The number of sulfone groups is 1. The van der Waals surface area contributed by atoms with E-state index in [1.54, 1.807) is 7.11 Å². The molecule has 0 bridgehead atoms. The molecule has 6 heteroatoms. The second-order valence-electron chi connectivity index (χ2n) is 4.23. The molecule has 0 aromatic heterocycles. The molecule has 1 saturated heterocycles. The van der Waals surface area contributed by atoms with Gasteiger partial charge in [-0.15, -0.1) is 0 Å². The summed E-state index contributed by atoms with van der Waals surface area (Å²) in [5, 5.41) is 0. The van der Waals surface area contributed by atoms with Gasteiger partial charge in [0.2, 0.25) is 0 Å². The van der Waals surface area contributed by atoms with Gasteiger partial charge < -0.3 is 10.5 Å². The molecule has 1 atom stereocenters. The van der Waals surface area contributed by atoms with Gasteiger partial charge in [-0.2, -0.15) is 0 Å². The van der Waals surface area contributed by atoms with Crippen LogP contribution in [-0.2, 0) is 14.6 Å². The third-order valence-electron chi connectivity index (χ3n) is 3.00. The maximum atomic E-state index is 11.3. The van der Waals surface area contributed by atoms with Gasteiger partial charge in [-0.05, 0) is 19.4 Å². The first kappa shape index (κ1) is 13.9. The van der Waals surface area contributed by atoms with Crippen molar-refractivity contribution in [2.75, 3.05) is 44.9 Å². The average Bonchev–Trinajstić information content (AvgIpc) is 2.25. The molecule has 0 aliphatic carbocycles. The number of nitrogens with zero attached hydrogens (tertiary/aromatic N) is 1. The highest BCUT2D eigenvalue weighted by Gasteiger charge is 2.26. The molecule has 0 saturated carbocycles. The maximum absolute atomic E-state index is 11.3. The summed E-state index contributed by atoms with van der Waals surface area (Å²) in [6, 6.07) is 0.309. The third kappa shape index (κ3) is 4.37. The topological polar surface area (TPSA) is 72.6 Å². The van der Waals surface area contributed by atoms with Crippen LogP contribution < -0.4 is 5.73 Å². The largest absolute Gasteiger partial charge is 0.383 e. The van der Waals surface area contributed by atoms with Crippen LogP contribution >= 0.6 is 0 Å². The molecule has 1 fully saturated rings. The second kappa shape index (κ2) is 6.54. The highest BCUT2D eigenvalue weighted by molar-refractivity contribution is 7.91. The quantitative estimate of drug-likeness (QED) is 0.686. The molecular formula is C10H22N2O3S. The van der Waals surface area contributed by atoms with Crippen LogP contribution in [-0.4, -0.2) is 64.2 Å². The Morgan fingerprint density at radius 1 is 1.38 bits per heavy atom. The van der Waals surface area contributed by atoms with Crippen molar-refractivity contribution >= 4 is 9.84 Å². The Hall–Kier alpha value is -0.170. The molecule has 0 aromatic carbocycles. The minimum Gasteiger partial charge on any atom is -0.383 e. The van der Waals surface area contributed by atoms with Gasteiger partial charge in [-0.1, -0.05) is 0 Å². The summed E-state index contributed by atoms with van der Waals surface area (Å²) >= 11 is 0. The fourth-order valence-corrected chi connectivity index (χ4v) is 3.24. The van der Waals surface area contributed by atoms with E-state index >= 15 is 0 Å². The molecule has 0 radical (unpaired) electrons. The van der Waals surface area contributed by atoms with E-state index in [1.165, 1.54) is 0 Å². The van der Waals surface area contributed by atoms with E-state index in [2.05, 4.69) is 4.90 Å². The van der Waals surface area contributed by atoms with E-state index in [-0.39, 0.29) is 11.5 Å². The van der Waals surface area contributed by atoms with Crippen molar-refractivity contribution in [1.29, 1.82) is 0 Å². The van der Waals surface area contributed by atoms with Gasteiger partial charge in [0.05, 0.1) is 18.1 Å². The van der Waals surface area contributed by atoms with Crippen LogP contribution in [0.5, 0.6) is 0 Å². The third-order valence-corrected chi connectivity index (χ3v) is 4.61. The lowest BCUT2D eigenvalue weighted by Crippen LogP contribution is -2.47. The first-order valence-corrected chi connectivity index (χ1v) is 7.54. The minimum absolute atomic E-state index is 0.274. The van der Waals surface area contributed by atoms with E-state index in [1.807, 2.05) is 0 Å². The summed E-state index contributed by atoms with van der Waals surface area (Å²) in [5.74, 6) is 0.547. The molecule has 1 aliphatic rings. The molecule has 16 heavy (non-hydrogen) atoms. The Kier molecular flexibility index (Phi) is 5.68. The molecular weight excluding hydrogens is 228 g/mol. The maximum Gasteiger partial charge on any atom is 0.152 e. The van der Waals surface area contributed by atoms with Gasteiger partial charge in [0, 0.05) is 26.2 Å². The van der Waals surface area contributed by atoms with Crippen LogP contribution in [0.4, 0.5) is 0 Å². The van der Waals surface area contributed by atoms with Gasteiger partial charge in [0.15, 0.2) is 9.84 Å². The summed E-state index contributed by atoms with van der Waals surface area (Å²) in [5.41, 5.74) is 5.49. The highest BCUT2D eigenvalue weighted by atomic mass is 32.2. The van der Waals surface area contributed by atoms with Gasteiger partial charge >= 0.3 is 0 Å². The fraction of sp³-hybridized carbons (Fsp3) is 1.00. The molecule has 1 aliphatic heterocycles. The van der Waals surface area contributed by atoms with E-state index < -0.39 is 9.84 Å². The lowest BCUT2D eigenvalue weighted by Gasteiger charge is -2.34. The SMILES string of the molecule is COCC(CCCN)N1CCS(=O)(=O)CC1. The molecule has 1 rings (SSSR count). The number of nitrogens with two attached hydrogens (primary N) is 1. The summed E-state index contributed by atoms with van der Waals surface area (Å²) < 4.78 is 27.8. The summed E-state index contributed by atoms with van der Waals surface area (Å²) in [4.78, 5) is 2.21. The molecule has 0 spiro atoms. The molecule has 5 nitrogen and oxygen atoms in total. The Balaban J connectivity index is 2.46. The summed E-state index contributed by atoms with van der Waals surface area (Å²) in [6.07, 6.45) is 1.93. The highest BCUT2D eigenvalue weighted by Crippen LogP contribution is 2.12. The lowest BCUT2D eigenvalue weighted by molar-refractivity contribution is 0.0894. The number of hydrogen-bond donors (Lipinski definition) is 1. The van der Waals surface area contributed by atoms with Crippen LogP contribution in [0.15, 0.2) is 0 Å². The minimum atomic E-state index is -2.79. The van der Waals surface area contributed by atoms with Crippen molar-refractivity contribution < 1.29 is 13.2 Å². The van der Waals surface area contributed by atoms with Crippen molar-refractivity contribution in [3.63, 3.8) is 0 Å². The van der Waals surface area contributed by atoms with Crippen molar-refractivity contribution in [3.05, 3.63) is 0 Å². The van der Waals surface area contributed by atoms with Crippen molar-refractivity contribution in [2.45, 2.75) is 18.9 Å². The smallest absolute Gasteiger partial charge is 0.152 e. The van der Waals surface area contributed by atoms with Crippen LogP contribution in [0.3, 0.4) is 0 Å². The Bertz CT molecular complexity index is 278. The molecule has 96 valence electrons. The molecule has 0 aromatic rings. The zero-order chi connectivity index (χ0) is 12.0.